The highest BCUT2D eigenvalue weighted by atomic mass is 15.3. The molecular weight excluding hydrogens is 274 g/mol. The average Bonchev–Trinajstić information content (AvgIpc) is 2.95. The van der Waals surface area contributed by atoms with Crippen molar-refractivity contribution in [2.45, 2.75) is 6.92 Å². The standard InChI is InChI=1S/C17H13N5/c1-12-2-3-15-20-16(13-4-8-18-9-5-13)17(22(15)21-12)14-6-10-19-11-7-14/h2-11H,1H3. The van der Waals surface area contributed by atoms with Crippen LogP contribution in [0, 0.1) is 6.92 Å². The predicted molar refractivity (Wildman–Crippen MR) is 84.2 cm³/mol. The number of imidazole rings is 1. The van der Waals surface area contributed by atoms with Crippen LogP contribution in [0.25, 0.3) is 28.2 Å². The van der Waals surface area contributed by atoms with Crippen molar-refractivity contribution in [1.82, 2.24) is 24.6 Å². The molecule has 0 saturated heterocycles. The summed E-state index contributed by atoms with van der Waals surface area (Å²) in [6, 6.07) is 11.8. The number of aromatic nitrogens is 5. The number of rotatable bonds is 2. The van der Waals surface area contributed by atoms with E-state index in [0.29, 0.717) is 0 Å². The van der Waals surface area contributed by atoms with E-state index >= 15 is 0 Å². The van der Waals surface area contributed by atoms with E-state index in [4.69, 9.17) is 4.98 Å². The van der Waals surface area contributed by atoms with Gasteiger partial charge in [0.05, 0.1) is 11.4 Å². The summed E-state index contributed by atoms with van der Waals surface area (Å²) in [7, 11) is 0. The van der Waals surface area contributed by atoms with E-state index < -0.39 is 0 Å². The Labute approximate surface area is 127 Å². The molecule has 4 aromatic heterocycles. The molecule has 0 radical (unpaired) electrons. The molecule has 0 atom stereocenters. The Morgan fingerprint density at radius 1 is 0.773 bits per heavy atom. The lowest BCUT2D eigenvalue weighted by molar-refractivity contribution is 0.907. The van der Waals surface area contributed by atoms with E-state index in [-0.39, 0.29) is 0 Å². The second-order valence-electron chi connectivity index (χ2n) is 5.03. The first-order chi connectivity index (χ1) is 10.8. The zero-order chi connectivity index (χ0) is 14.9. The van der Waals surface area contributed by atoms with Crippen molar-refractivity contribution in [1.29, 1.82) is 0 Å². The quantitative estimate of drug-likeness (QED) is 0.568. The van der Waals surface area contributed by atoms with Crippen LogP contribution in [0.15, 0.2) is 61.2 Å². The second kappa shape index (κ2) is 5.04. The number of hydrogen-bond donors (Lipinski definition) is 0. The van der Waals surface area contributed by atoms with E-state index in [0.717, 1.165) is 33.9 Å². The third-order valence-corrected chi connectivity index (χ3v) is 3.52. The Balaban J connectivity index is 2.08. The Morgan fingerprint density at radius 2 is 1.41 bits per heavy atom. The van der Waals surface area contributed by atoms with Crippen molar-refractivity contribution < 1.29 is 0 Å². The molecule has 0 aliphatic rings. The monoisotopic (exact) mass is 287 g/mol. The van der Waals surface area contributed by atoms with Gasteiger partial charge < -0.3 is 0 Å². The van der Waals surface area contributed by atoms with Crippen molar-refractivity contribution in [2.24, 2.45) is 0 Å². The molecule has 0 fully saturated rings. The van der Waals surface area contributed by atoms with Gasteiger partial charge in [-0.2, -0.15) is 5.10 Å². The minimum Gasteiger partial charge on any atom is -0.265 e. The molecule has 0 saturated carbocycles. The Morgan fingerprint density at radius 3 is 2.09 bits per heavy atom. The number of nitrogens with zero attached hydrogens (tertiary/aromatic N) is 5. The fraction of sp³-hybridized carbons (Fsp3) is 0.0588. The fourth-order valence-electron chi connectivity index (χ4n) is 2.50. The molecule has 0 unspecified atom stereocenters. The molecule has 4 rings (SSSR count). The topological polar surface area (TPSA) is 56.0 Å². The molecule has 0 amide bonds. The molecule has 5 heteroatoms. The molecule has 106 valence electrons. The number of aryl methyl sites for hydroxylation is 1. The molecule has 0 N–H and O–H groups in total. The molecule has 0 aromatic carbocycles. The molecule has 4 aromatic rings. The van der Waals surface area contributed by atoms with E-state index in [2.05, 4.69) is 15.1 Å². The molecule has 0 bridgehead atoms. The van der Waals surface area contributed by atoms with Gasteiger partial charge in [-0.25, -0.2) is 9.50 Å². The highest BCUT2D eigenvalue weighted by Gasteiger charge is 2.16. The van der Waals surface area contributed by atoms with Gasteiger partial charge >= 0.3 is 0 Å². The Kier molecular flexibility index (Phi) is 2.89. The summed E-state index contributed by atoms with van der Waals surface area (Å²) in [5.41, 5.74) is 5.68. The van der Waals surface area contributed by atoms with Crippen molar-refractivity contribution >= 4 is 5.65 Å². The number of pyridine rings is 2. The van der Waals surface area contributed by atoms with Crippen LogP contribution in [-0.2, 0) is 0 Å². The maximum atomic E-state index is 4.75. The van der Waals surface area contributed by atoms with Crippen molar-refractivity contribution in [3.05, 3.63) is 66.9 Å². The van der Waals surface area contributed by atoms with Gasteiger partial charge in [-0.1, -0.05) is 0 Å². The van der Waals surface area contributed by atoms with Gasteiger partial charge in [0.2, 0.25) is 0 Å². The summed E-state index contributed by atoms with van der Waals surface area (Å²) in [5.74, 6) is 0. The largest absolute Gasteiger partial charge is 0.265 e. The van der Waals surface area contributed by atoms with Crippen LogP contribution in [0.5, 0.6) is 0 Å². The molecule has 0 spiro atoms. The number of fused-ring (bicyclic) bond motifs is 1. The van der Waals surface area contributed by atoms with Crippen LogP contribution in [0.1, 0.15) is 5.69 Å². The van der Waals surface area contributed by atoms with Crippen LogP contribution >= 0.6 is 0 Å². The minimum absolute atomic E-state index is 0.823. The van der Waals surface area contributed by atoms with Crippen molar-refractivity contribution in [3.8, 4) is 22.5 Å². The first-order valence-electron chi connectivity index (χ1n) is 7.00. The van der Waals surface area contributed by atoms with Gasteiger partial charge in [0, 0.05) is 35.9 Å². The number of hydrogen-bond acceptors (Lipinski definition) is 4. The van der Waals surface area contributed by atoms with Gasteiger partial charge in [0.1, 0.15) is 5.69 Å². The molecule has 22 heavy (non-hydrogen) atoms. The third-order valence-electron chi connectivity index (χ3n) is 3.52. The summed E-state index contributed by atoms with van der Waals surface area (Å²) in [6.45, 7) is 1.97. The first kappa shape index (κ1) is 12.6. The molecule has 4 heterocycles. The van der Waals surface area contributed by atoms with E-state index in [1.807, 2.05) is 47.8 Å². The molecule has 5 nitrogen and oxygen atoms in total. The SMILES string of the molecule is Cc1ccc2nc(-c3ccncc3)c(-c3ccncc3)n2n1. The van der Waals surface area contributed by atoms with Gasteiger partial charge in [0.25, 0.3) is 0 Å². The zero-order valence-electron chi connectivity index (χ0n) is 12.0. The summed E-state index contributed by atoms with van der Waals surface area (Å²) < 4.78 is 1.89. The summed E-state index contributed by atoms with van der Waals surface area (Å²) in [5, 5.41) is 4.62. The minimum atomic E-state index is 0.823. The average molecular weight is 287 g/mol. The molecular formula is C17H13N5. The molecule has 0 aliphatic carbocycles. The lowest BCUT2D eigenvalue weighted by Gasteiger charge is -2.05. The highest BCUT2D eigenvalue weighted by Crippen LogP contribution is 2.31. The van der Waals surface area contributed by atoms with Crippen LogP contribution in [0.3, 0.4) is 0 Å². The zero-order valence-corrected chi connectivity index (χ0v) is 12.0. The van der Waals surface area contributed by atoms with E-state index in [1.165, 1.54) is 0 Å². The maximum absolute atomic E-state index is 4.75. The second-order valence-corrected chi connectivity index (χ2v) is 5.03. The Hall–Kier alpha value is -3.08. The van der Waals surface area contributed by atoms with E-state index in [1.54, 1.807) is 24.8 Å². The van der Waals surface area contributed by atoms with E-state index in [9.17, 15) is 0 Å². The summed E-state index contributed by atoms with van der Waals surface area (Å²) >= 11 is 0. The lowest BCUT2D eigenvalue weighted by Crippen LogP contribution is -1.96. The van der Waals surface area contributed by atoms with Crippen LogP contribution in [-0.4, -0.2) is 24.6 Å². The van der Waals surface area contributed by atoms with Gasteiger partial charge in [-0.15, -0.1) is 0 Å². The van der Waals surface area contributed by atoms with Gasteiger partial charge in [0.15, 0.2) is 5.65 Å². The predicted octanol–water partition coefficient (Wildman–Crippen LogP) is 3.16. The van der Waals surface area contributed by atoms with Gasteiger partial charge in [-0.05, 0) is 43.3 Å². The molecule has 0 aliphatic heterocycles. The normalized spacial score (nSPS) is 11.0. The van der Waals surface area contributed by atoms with Crippen molar-refractivity contribution in [2.75, 3.05) is 0 Å². The smallest absolute Gasteiger partial charge is 0.154 e. The lowest BCUT2D eigenvalue weighted by atomic mass is 10.1. The third kappa shape index (κ3) is 2.03. The van der Waals surface area contributed by atoms with Crippen LogP contribution in [0.2, 0.25) is 0 Å². The Bertz CT molecular complexity index is 929. The van der Waals surface area contributed by atoms with Crippen molar-refractivity contribution in [3.63, 3.8) is 0 Å². The summed E-state index contributed by atoms with van der Waals surface area (Å²) in [4.78, 5) is 12.9. The van der Waals surface area contributed by atoms with Crippen LogP contribution < -0.4 is 0 Å². The van der Waals surface area contributed by atoms with Gasteiger partial charge in [-0.3, -0.25) is 9.97 Å². The highest BCUT2D eigenvalue weighted by molar-refractivity contribution is 5.81. The summed E-state index contributed by atoms with van der Waals surface area (Å²) in [6.07, 6.45) is 7.10. The van der Waals surface area contributed by atoms with Crippen LogP contribution in [0.4, 0.5) is 0 Å². The fourth-order valence-corrected chi connectivity index (χ4v) is 2.50. The maximum Gasteiger partial charge on any atom is 0.154 e. The first-order valence-corrected chi connectivity index (χ1v) is 7.00.